The normalized spacial score (nSPS) is 12.1. The van der Waals surface area contributed by atoms with Gasteiger partial charge in [-0.05, 0) is 47.4 Å². The highest BCUT2D eigenvalue weighted by atomic mass is 14.7. The van der Waals surface area contributed by atoms with Crippen molar-refractivity contribution in [1.82, 2.24) is 4.98 Å². The predicted octanol–water partition coefficient (Wildman–Crippen LogP) is 4.44. The summed E-state index contributed by atoms with van der Waals surface area (Å²) in [4.78, 5) is 4.32. The number of benzene rings is 2. The Morgan fingerprint density at radius 2 is 1.38 bits per heavy atom. The summed E-state index contributed by atoms with van der Waals surface area (Å²) in [5.74, 6) is 0. The van der Waals surface area contributed by atoms with Crippen LogP contribution in [0.15, 0.2) is 72.9 Å². The SMILES string of the molecule is CC(N)c1cc(-c2cccc(-c3ccccc3)c2)ccn1. The summed E-state index contributed by atoms with van der Waals surface area (Å²) in [6.45, 7) is 1.95. The summed E-state index contributed by atoms with van der Waals surface area (Å²) in [5.41, 5.74) is 11.6. The molecule has 3 rings (SSSR count). The van der Waals surface area contributed by atoms with Crippen LogP contribution in [0.25, 0.3) is 22.3 Å². The quantitative estimate of drug-likeness (QED) is 0.767. The van der Waals surface area contributed by atoms with Crippen molar-refractivity contribution in [2.45, 2.75) is 13.0 Å². The summed E-state index contributed by atoms with van der Waals surface area (Å²) in [7, 11) is 0. The first-order chi connectivity index (χ1) is 10.2. The summed E-state index contributed by atoms with van der Waals surface area (Å²) in [5, 5.41) is 0. The van der Waals surface area contributed by atoms with Crippen molar-refractivity contribution in [3.63, 3.8) is 0 Å². The van der Waals surface area contributed by atoms with E-state index >= 15 is 0 Å². The summed E-state index contributed by atoms with van der Waals surface area (Å²) >= 11 is 0. The third-order valence-corrected chi connectivity index (χ3v) is 3.55. The molecule has 1 heterocycles. The molecule has 0 spiro atoms. The van der Waals surface area contributed by atoms with Crippen molar-refractivity contribution < 1.29 is 0 Å². The molecule has 1 atom stereocenters. The first kappa shape index (κ1) is 13.5. The second-order valence-corrected chi connectivity index (χ2v) is 5.20. The smallest absolute Gasteiger partial charge is 0.0574 e. The molecule has 0 radical (unpaired) electrons. The van der Waals surface area contributed by atoms with Gasteiger partial charge in [0.2, 0.25) is 0 Å². The maximum absolute atomic E-state index is 5.92. The average Bonchev–Trinajstić information content (AvgIpc) is 2.56. The minimum absolute atomic E-state index is 0.0535. The molecule has 0 aliphatic heterocycles. The highest BCUT2D eigenvalue weighted by molar-refractivity contribution is 5.73. The van der Waals surface area contributed by atoms with Crippen molar-refractivity contribution >= 4 is 0 Å². The molecular formula is C19H18N2. The van der Waals surface area contributed by atoms with E-state index in [2.05, 4.69) is 59.6 Å². The van der Waals surface area contributed by atoms with Crippen LogP contribution in [-0.4, -0.2) is 4.98 Å². The lowest BCUT2D eigenvalue weighted by atomic mass is 9.99. The van der Waals surface area contributed by atoms with Crippen molar-refractivity contribution in [3.05, 3.63) is 78.6 Å². The van der Waals surface area contributed by atoms with E-state index in [0.29, 0.717) is 0 Å². The minimum atomic E-state index is -0.0535. The third-order valence-electron chi connectivity index (χ3n) is 3.55. The van der Waals surface area contributed by atoms with Crippen molar-refractivity contribution in [2.75, 3.05) is 0 Å². The van der Waals surface area contributed by atoms with Crippen molar-refractivity contribution in [1.29, 1.82) is 0 Å². The number of nitrogens with two attached hydrogens (primary N) is 1. The molecule has 104 valence electrons. The van der Waals surface area contributed by atoms with Crippen LogP contribution in [0.1, 0.15) is 18.7 Å². The van der Waals surface area contributed by atoms with Gasteiger partial charge in [-0.3, -0.25) is 4.98 Å². The van der Waals surface area contributed by atoms with Crippen LogP contribution >= 0.6 is 0 Å². The van der Waals surface area contributed by atoms with Gasteiger partial charge in [-0.15, -0.1) is 0 Å². The molecule has 1 unspecified atom stereocenters. The highest BCUT2D eigenvalue weighted by Gasteiger charge is 2.05. The topological polar surface area (TPSA) is 38.9 Å². The summed E-state index contributed by atoms with van der Waals surface area (Å²) < 4.78 is 0. The van der Waals surface area contributed by atoms with E-state index in [1.165, 1.54) is 16.7 Å². The molecule has 3 aromatic rings. The molecule has 0 bridgehead atoms. The number of aromatic nitrogens is 1. The van der Waals surface area contributed by atoms with Gasteiger partial charge in [0.25, 0.3) is 0 Å². The largest absolute Gasteiger partial charge is 0.323 e. The molecule has 0 aliphatic rings. The van der Waals surface area contributed by atoms with Gasteiger partial charge >= 0.3 is 0 Å². The Kier molecular flexibility index (Phi) is 3.80. The molecule has 2 aromatic carbocycles. The van der Waals surface area contributed by atoms with E-state index in [4.69, 9.17) is 5.73 Å². The molecule has 21 heavy (non-hydrogen) atoms. The number of nitrogens with zero attached hydrogens (tertiary/aromatic N) is 1. The fourth-order valence-electron chi connectivity index (χ4n) is 2.39. The Balaban J connectivity index is 2.02. The van der Waals surface area contributed by atoms with Crippen LogP contribution < -0.4 is 5.73 Å². The fraction of sp³-hybridized carbons (Fsp3) is 0.105. The first-order valence-electron chi connectivity index (χ1n) is 7.11. The van der Waals surface area contributed by atoms with Crippen LogP contribution in [-0.2, 0) is 0 Å². The summed E-state index contributed by atoms with van der Waals surface area (Å²) in [6.07, 6.45) is 1.82. The predicted molar refractivity (Wildman–Crippen MR) is 87.7 cm³/mol. The van der Waals surface area contributed by atoms with Gasteiger partial charge in [0.05, 0.1) is 5.69 Å². The Hall–Kier alpha value is -2.45. The number of pyridine rings is 1. The Morgan fingerprint density at radius 1 is 0.762 bits per heavy atom. The average molecular weight is 274 g/mol. The zero-order valence-electron chi connectivity index (χ0n) is 12.0. The number of rotatable bonds is 3. The van der Waals surface area contributed by atoms with E-state index < -0.39 is 0 Å². The molecule has 0 saturated heterocycles. The Bertz CT molecular complexity index is 733. The number of hydrogen-bond donors (Lipinski definition) is 1. The second kappa shape index (κ2) is 5.90. The van der Waals surface area contributed by atoms with E-state index in [1.807, 2.05) is 25.3 Å². The minimum Gasteiger partial charge on any atom is -0.323 e. The maximum atomic E-state index is 5.92. The van der Waals surface area contributed by atoms with Gasteiger partial charge in [0.15, 0.2) is 0 Å². The zero-order chi connectivity index (χ0) is 14.7. The number of hydrogen-bond acceptors (Lipinski definition) is 2. The molecule has 2 N–H and O–H groups in total. The lowest BCUT2D eigenvalue weighted by Gasteiger charge is -2.09. The van der Waals surface area contributed by atoms with E-state index in [0.717, 1.165) is 11.3 Å². The van der Waals surface area contributed by atoms with Crippen LogP contribution in [0.5, 0.6) is 0 Å². The molecule has 2 nitrogen and oxygen atoms in total. The molecule has 2 heteroatoms. The van der Waals surface area contributed by atoms with Crippen LogP contribution in [0, 0.1) is 0 Å². The molecule has 1 aromatic heterocycles. The van der Waals surface area contributed by atoms with E-state index in [-0.39, 0.29) is 6.04 Å². The Labute approximate surface area is 125 Å². The van der Waals surface area contributed by atoms with Gasteiger partial charge in [-0.1, -0.05) is 48.5 Å². The van der Waals surface area contributed by atoms with Gasteiger partial charge < -0.3 is 5.73 Å². The maximum Gasteiger partial charge on any atom is 0.0574 e. The van der Waals surface area contributed by atoms with Gasteiger partial charge in [-0.25, -0.2) is 0 Å². The Morgan fingerprint density at radius 3 is 2.10 bits per heavy atom. The van der Waals surface area contributed by atoms with Crippen LogP contribution in [0.4, 0.5) is 0 Å². The van der Waals surface area contributed by atoms with Crippen molar-refractivity contribution in [2.24, 2.45) is 5.73 Å². The zero-order valence-corrected chi connectivity index (χ0v) is 12.0. The first-order valence-corrected chi connectivity index (χ1v) is 7.11. The molecule has 0 aliphatic carbocycles. The second-order valence-electron chi connectivity index (χ2n) is 5.20. The molecule has 0 amide bonds. The highest BCUT2D eigenvalue weighted by Crippen LogP contribution is 2.26. The molecule has 0 saturated carbocycles. The molecule has 0 fully saturated rings. The standard InChI is InChI=1S/C19H18N2/c1-14(20)19-13-18(10-11-21-19)17-9-5-8-16(12-17)15-6-3-2-4-7-15/h2-14H,20H2,1H3. The lowest BCUT2D eigenvalue weighted by molar-refractivity contribution is 0.781. The van der Waals surface area contributed by atoms with Gasteiger partial charge in [-0.2, -0.15) is 0 Å². The summed E-state index contributed by atoms with van der Waals surface area (Å²) in [6, 6.07) is 23.0. The monoisotopic (exact) mass is 274 g/mol. The van der Waals surface area contributed by atoms with Gasteiger partial charge in [0, 0.05) is 12.2 Å². The lowest BCUT2D eigenvalue weighted by Crippen LogP contribution is -2.06. The van der Waals surface area contributed by atoms with Crippen LogP contribution in [0.3, 0.4) is 0 Å². The van der Waals surface area contributed by atoms with E-state index in [1.54, 1.807) is 0 Å². The van der Waals surface area contributed by atoms with Crippen LogP contribution in [0.2, 0.25) is 0 Å². The van der Waals surface area contributed by atoms with Gasteiger partial charge in [0.1, 0.15) is 0 Å². The van der Waals surface area contributed by atoms with E-state index in [9.17, 15) is 0 Å². The fourth-order valence-corrected chi connectivity index (χ4v) is 2.39. The third kappa shape index (κ3) is 3.01. The molecular weight excluding hydrogens is 256 g/mol. The van der Waals surface area contributed by atoms with Crippen molar-refractivity contribution in [3.8, 4) is 22.3 Å².